The Hall–Kier alpha value is -5.26. The van der Waals surface area contributed by atoms with Gasteiger partial charge in [-0.05, 0) is 104 Å². The molecule has 0 saturated carbocycles. The molecule has 8 nitrogen and oxygen atoms in total. The maximum absolute atomic E-state index is 12.7. The lowest BCUT2D eigenvalue weighted by Crippen LogP contribution is -2.35. The average molecular weight is 543 g/mol. The van der Waals surface area contributed by atoms with Gasteiger partial charge in [0.25, 0.3) is 5.91 Å². The lowest BCUT2D eigenvalue weighted by Gasteiger charge is -2.31. The highest BCUT2D eigenvalue weighted by molar-refractivity contribution is 6.06. The molecule has 4 aromatic carbocycles. The van der Waals surface area contributed by atoms with Gasteiger partial charge in [-0.1, -0.05) is 0 Å². The minimum Gasteiger partial charge on any atom is -0.393 e. The molecule has 0 aliphatic carbocycles. The molecule has 41 heavy (non-hydrogen) atoms. The summed E-state index contributed by atoms with van der Waals surface area (Å²) in [6.45, 7) is 1.72. The van der Waals surface area contributed by atoms with Gasteiger partial charge in [-0.15, -0.1) is 0 Å². The van der Waals surface area contributed by atoms with Crippen LogP contribution in [0.5, 0.6) is 0 Å². The first-order valence-electron chi connectivity index (χ1n) is 13.6. The molecule has 0 radical (unpaired) electrons. The molecule has 204 valence electrons. The fourth-order valence-corrected chi connectivity index (χ4v) is 5.06. The number of benzene rings is 4. The van der Waals surface area contributed by atoms with E-state index in [4.69, 9.17) is 0 Å². The first-order valence-corrected chi connectivity index (χ1v) is 13.6. The second-order valence-electron chi connectivity index (χ2n) is 10.2. The van der Waals surface area contributed by atoms with Crippen molar-refractivity contribution >= 4 is 50.9 Å². The molecule has 2 heterocycles. The number of anilines is 6. The minimum atomic E-state index is -0.192. The van der Waals surface area contributed by atoms with E-state index in [-0.39, 0.29) is 12.0 Å². The van der Waals surface area contributed by atoms with Gasteiger partial charge in [-0.25, -0.2) is 0 Å². The van der Waals surface area contributed by atoms with Crippen LogP contribution in [0.3, 0.4) is 0 Å². The van der Waals surface area contributed by atoms with Crippen LogP contribution in [0, 0.1) is 11.3 Å². The van der Waals surface area contributed by atoms with E-state index in [1.807, 2.05) is 79.0 Å². The molecule has 5 N–H and O–H groups in total. The van der Waals surface area contributed by atoms with E-state index >= 15 is 0 Å². The van der Waals surface area contributed by atoms with Gasteiger partial charge >= 0.3 is 0 Å². The van der Waals surface area contributed by atoms with Crippen molar-refractivity contribution in [1.82, 2.24) is 4.98 Å². The fraction of sp³-hybridized carbons (Fsp3) is 0.152. The molecular weight excluding hydrogens is 512 g/mol. The summed E-state index contributed by atoms with van der Waals surface area (Å²) >= 11 is 0. The maximum atomic E-state index is 12.7. The predicted octanol–water partition coefficient (Wildman–Crippen LogP) is 6.74. The first kappa shape index (κ1) is 26.0. The standard InChI is InChI=1S/C33H30N6O2/c34-21-24-20-28(36-25-6-9-29(10-7-25)39-17-14-30(40)15-18-39)8-12-32(24)37-26-2-4-27(5-3-26)38-33(41)23-1-11-31-22(19-23)13-16-35-31/h1-13,16,19-20,30,35-37,40H,14-15,17-18H2,(H,38,41). The number of amides is 1. The largest absolute Gasteiger partial charge is 0.393 e. The quantitative estimate of drug-likeness (QED) is 0.156. The molecule has 6 rings (SSSR count). The third kappa shape index (κ3) is 6.01. The molecule has 8 heteroatoms. The monoisotopic (exact) mass is 542 g/mol. The second kappa shape index (κ2) is 11.5. The van der Waals surface area contributed by atoms with Gasteiger partial charge < -0.3 is 30.9 Å². The van der Waals surface area contributed by atoms with Crippen molar-refractivity contribution in [3.05, 3.63) is 108 Å². The Labute approximate surface area is 238 Å². The van der Waals surface area contributed by atoms with Crippen molar-refractivity contribution < 1.29 is 9.90 Å². The normalized spacial score (nSPS) is 13.5. The number of nitrogens with zero attached hydrogens (tertiary/aromatic N) is 2. The summed E-state index contributed by atoms with van der Waals surface area (Å²) in [5.41, 5.74) is 7.15. The van der Waals surface area contributed by atoms with Crippen LogP contribution < -0.4 is 20.9 Å². The molecular formula is C33H30N6O2. The van der Waals surface area contributed by atoms with Gasteiger partial charge in [0.05, 0.1) is 17.4 Å². The van der Waals surface area contributed by atoms with Crippen LogP contribution in [0.15, 0.2) is 97.2 Å². The van der Waals surface area contributed by atoms with Crippen LogP contribution >= 0.6 is 0 Å². The number of fused-ring (bicyclic) bond motifs is 1. The lowest BCUT2D eigenvalue weighted by molar-refractivity contribution is 0.102. The molecule has 0 spiro atoms. The van der Waals surface area contributed by atoms with Gasteiger partial charge in [0.2, 0.25) is 0 Å². The number of H-pyrrole nitrogens is 1. The summed E-state index contributed by atoms with van der Waals surface area (Å²) in [5, 5.41) is 30.1. The van der Waals surface area contributed by atoms with Crippen LogP contribution in [-0.2, 0) is 0 Å². The summed E-state index contributed by atoms with van der Waals surface area (Å²) in [6, 6.07) is 31.0. The van der Waals surface area contributed by atoms with Crippen LogP contribution in [-0.4, -0.2) is 35.2 Å². The molecule has 1 aliphatic rings. The van der Waals surface area contributed by atoms with E-state index in [0.29, 0.717) is 22.5 Å². The second-order valence-corrected chi connectivity index (χ2v) is 10.2. The minimum absolute atomic E-state index is 0.176. The smallest absolute Gasteiger partial charge is 0.255 e. The van der Waals surface area contributed by atoms with Gasteiger partial charge in [0, 0.05) is 64.2 Å². The Balaban J connectivity index is 1.08. The maximum Gasteiger partial charge on any atom is 0.255 e. The molecule has 0 bridgehead atoms. The molecule has 1 aromatic heterocycles. The first-order chi connectivity index (χ1) is 20.0. The fourth-order valence-electron chi connectivity index (χ4n) is 5.06. The summed E-state index contributed by atoms with van der Waals surface area (Å²) in [4.78, 5) is 18.1. The number of hydrogen-bond donors (Lipinski definition) is 5. The molecule has 0 unspecified atom stereocenters. The summed E-state index contributed by atoms with van der Waals surface area (Å²) < 4.78 is 0. The number of piperidine rings is 1. The van der Waals surface area contributed by atoms with E-state index < -0.39 is 0 Å². The van der Waals surface area contributed by atoms with Crippen molar-refractivity contribution in [3.8, 4) is 6.07 Å². The molecule has 1 saturated heterocycles. The Morgan fingerprint density at radius 1 is 0.829 bits per heavy atom. The number of aliphatic hydroxyl groups excluding tert-OH is 1. The number of rotatable bonds is 7. The lowest BCUT2D eigenvalue weighted by atomic mass is 10.1. The van der Waals surface area contributed by atoms with Gasteiger partial charge in [0.1, 0.15) is 6.07 Å². The van der Waals surface area contributed by atoms with E-state index in [9.17, 15) is 15.2 Å². The summed E-state index contributed by atoms with van der Waals surface area (Å²) in [6.07, 6.45) is 3.25. The highest BCUT2D eigenvalue weighted by Gasteiger charge is 2.17. The Bertz CT molecular complexity index is 1710. The number of aromatic amines is 1. The predicted molar refractivity (Wildman–Crippen MR) is 164 cm³/mol. The number of carbonyl (C=O) groups excluding carboxylic acids is 1. The van der Waals surface area contributed by atoms with Crippen molar-refractivity contribution in [1.29, 1.82) is 5.26 Å². The number of nitrogens with one attached hydrogen (secondary N) is 4. The number of hydrogen-bond acceptors (Lipinski definition) is 6. The van der Waals surface area contributed by atoms with Gasteiger partial charge in [-0.2, -0.15) is 5.26 Å². The van der Waals surface area contributed by atoms with E-state index in [0.717, 1.165) is 59.6 Å². The zero-order chi connectivity index (χ0) is 28.2. The van der Waals surface area contributed by atoms with Gasteiger partial charge in [0.15, 0.2) is 0 Å². The number of nitriles is 1. The van der Waals surface area contributed by atoms with Crippen molar-refractivity contribution in [2.75, 3.05) is 33.9 Å². The SMILES string of the molecule is N#Cc1cc(Nc2ccc(N3CCC(O)CC3)cc2)ccc1Nc1ccc(NC(=O)c2ccc3[nH]ccc3c2)cc1. The van der Waals surface area contributed by atoms with Crippen molar-refractivity contribution in [2.45, 2.75) is 18.9 Å². The molecule has 1 aliphatic heterocycles. The highest BCUT2D eigenvalue weighted by atomic mass is 16.3. The highest BCUT2D eigenvalue weighted by Crippen LogP contribution is 2.28. The zero-order valence-electron chi connectivity index (χ0n) is 22.4. The number of carbonyl (C=O) groups is 1. The van der Waals surface area contributed by atoms with Crippen molar-refractivity contribution in [2.24, 2.45) is 0 Å². The van der Waals surface area contributed by atoms with E-state index in [1.54, 1.807) is 6.07 Å². The van der Waals surface area contributed by atoms with E-state index in [2.05, 4.69) is 44.0 Å². The molecule has 1 fully saturated rings. The molecule has 5 aromatic rings. The Morgan fingerprint density at radius 2 is 1.51 bits per heavy atom. The number of aliphatic hydroxyl groups is 1. The molecule has 0 atom stereocenters. The third-order valence-corrected chi connectivity index (χ3v) is 7.36. The van der Waals surface area contributed by atoms with Crippen LogP contribution in [0.4, 0.5) is 34.1 Å². The Kier molecular flexibility index (Phi) is 7.27. The van der Waals surface area contributed by atoms with Crippen molar-refractivity contribution in [3.63, 3.8) is 0 Å². The summed E-state index contributed by atoms with van der Waals surface area (Å²) in [5.74, 6) is -0.176. The van der Waals surface area contributed by atoms with Crippen LogP contribution in [0.2, 0.25) is 0 Å². The Morgan fingerprint density at radius 3 is 2.27 bits per heavy atom. The molecule has 1 amide bonds. The summed E-state index contributed by atoms with van der Waals surface area (Å²) in [7, 11) is 0. The van der Waals surface area contributed by atoms with Crippen LogP contribution in [0.1, 0.15) is 28.8 Å². The third-order valence-electron chi connectivity index (χ3n) is 7.36. The van der Waals surface area contributed by atoms with Crippen LogP contribution in [0.25, 0.3) is 10.9 Å². The topological polar surface area (TPSA) is 116 Å². The van der Waals surface area contributed by atoms with Gasteiger partial charge in [-0.3, -0.25) is 4.79 Å². The number of aromatic nitrogens is 1. The average Bonchev–Trinajstić information content (AvgIpc) is 3.48. The zero-order valence-corrected chi connectivity index (χ0v) is 22.4. The van der Waals surface area contributed by atoms with E-state index in [1.165, 1.54) is 0 Å².